The molecule has 0 aromatic rings. The minimum Gasteiger partial charge on any atom is -0.469 e. The average Bonchev–Trinajstić information content (AvgIpc) is 3.05. The molecule has 20 heavy (non-hydrogen) atoms. The lowest BCUT2D eigenvalue weighted by atomic mass is 9.73. The van der Waals surface area contributed by atoms with Crippen molar-refractivity contribution in [2.75, 3.05) is 27.9 Å². The highest BCUT2D eigenvalue weighted by atomic mass is 16.7. The lowest BCUT2D eigenvalue weighted by molar-refractivity contribution is -0.216. The molecule has 0 amide bonds. The number of ether oxygens (including phenoxy) is 4. The Morgan fingerprint density at radius 2 is 2.00 bits per heavy atom. The molecule has 0 unspecified atom stereocenters. The van der Waals surface area contributed by atoms with Crippen LogP contribution in [0.5, 0.6) is 0 Å². The second-order valence-electron chi connectivity index (χ2n) is 6.17. The third-order valence-corrected chi connectivity index (χ3v) is 5.75. The van der Waals surface area contributed by atoms with Gasteiger partial charge in [0.15, 0.2) is 12.1 Å². The fraction of sp³-hybridized carbons (Fsp3) is 0.929. The smallest absolute Gasteiger partial charge is 0.309 e. The van der Waals surface area contributed by atoms with Gasteiger partial charge in [-0.05, 0) is 12.3 Å². The highest BCUT2D eigenvalue weighted by Crippen LogP contribution is 2.67. The molecule has 1 N–H and O–H groups in total. The number of carbonyl (C=O) groups excluding carboxylic acids is 1. The molecule has 114 valence electrons. The van der Waals surface area contributed by atoms with Crippen molar-refractivity contribution in [2.45, 2.75) is 31.3 Å². The van der Waals surface area contributed by atoms with Gasteiger partial charge in [0, 0.05) is 38.4 Å². The summed E-state index contributed by atoms with van der Waals surface area (Å²) in [5.74, 6) is -0.967. The number of esters is 1. The maximum Gasteiger partial charge on any atom is 0.309 e. The van der Waals surface area contributed by atoms with Gasteiger partial charge in [-0.15, -0.1) is 0 Å². The maximum absolute atomic E-state index is 12.0. The molecule has 0 aromatic heterocycles. The summed E-state index contributed by atoms with van der Waals surface area (Å²) in [6.45, 7) is 0.390. The van der Waals surface area contributed by atoms with Crippen LogP contribution < -0.4 is 0 Å². The van der Waals surface area contributed by atoms with E-state index in [2.05, 4.69) is 0 Å². The van der Waals surface area contributed by atoms with E-state index in [-0.39, 0.29) is 23.7 Å². The van der Waals surface area contributed by atoms with Crippen molar-refractivity contribution < 1.29 is 28.8 Å². The highest BCUT2D eigenvalue weighted by Gasteiger charge is 2.71. The number of hydrogen-bond acceptors (Lipinski definition) is 6. The first-order chi connectivity index (χ1) is 9.53. The molecule has 1 heterocycles. The standard InChI is InChI=1S/C14H22O6/c1-17-11(15)9-4-8-5-13(18-2,19-3)7-14(8)10(9)6-20-12(14)16/h8-10,12,16H,4-7H2,1-3H3/t8-,9+,10+,12-,14-/m1/s1. The van der Waals surface area contributed by atoms with Gasteiger partial charge in [-0.3, -0.25) is 4.79 Å². The van der Waals surface area contributed by atoms with Crippen LogP contribution in [0, 0.1) is 23.2 Å². The maximum atomic E-state index is 12.0. The number of methoxy groups -OCH3 is 3. The molecule has 2 saturated carbocycles. The molecule has 0 aromatic carbocycles. The van der Waals surface area contributed by atoms with Gasteiger partial charge in [-0.2, -0.15) is 0 Å². The average molecular weight is 286 g/mol. The number of aliphatic hydroxyl groups excluding tert-OH is 1. The first-order valence-electron chi connectivity index (χ1n) is 7.01. The van der Waals surface area contributed by atoms with Crippen LogP contribution >= 0.6 is 0 Å². The molecule has 0 bridgehead atoms. The molecule has 3 fully saturated rings. The third kappa shape index (κ3) is 1.62. The molecule has 0 radical (unpaired) electrons. The quantitative estimate of drug-likeness (QED) is 0.602. The van der Waals surface area contributed by atoms with E-state index < -0.39 is 17.5 Å². The van der Waals surface area contributed by atoms with Gasteiger partial charge in [-0.25, -0.2) is 0 Å². The Bertz CT molecular complexity index is 406. The zero-order chi connectivity index (χ0) is 14.5. The molecule has 6 heteroatoms. The summed E-state index contributed by atoms with van der Waals surface area (Å²) in [6, 6.07) is 0. The lowest BCUT2D eigenvalue weighted by Gasteiger charge is -2.34. The van der Waals surface area contributed by atoms with E-state index in [4.69, 9.17) is 18.9 Å². The van der Waals surface area contributed by atoms with Gasteiger partial charge in [0.05, 0.1) is 19.6 Å². The monoisotopic (exact) mass is 286 g/mol. The zero-order valence-electron chi connectivity index (χ0n) is 12.1. The summed E-state index contributed by atoms with van der Waals surface area (Å²) in [7, 11) is 4.65. The molecule has 1 spiro atoms. The first kappa shape index (κ1) is 14.3. The van der Waals surface area contributed by atoms with Gasteiger partial charge in [0.2, 0.25) is 0 Å². The van der Waals surface area contributed by atoms with Gasteiger partial charge in [0.1, 0.15) is 0 Å². The number of aliphatic hydroxyl groups is 1. The highest BCUT2D eigenvalue weighted by molar-refractivity contribution is 5.73. The summed E-state index contributed by atoms with van der Waals surface area (Å²) < 4.78 is 21.5. The van der Waals surface area contributed by atoms with Crippen LogP contribution in [0.25, 0.3) is 0 Å². The summed E-state index contributed by atoms with van der Waals surface area (Å²) in [4.78, 5) is 12.0. The fourth-order valence-electron chi connectivity index (χ4n) is 4.73. The molecular formula is C14H22O6. The van der Waals surface area contributed by atoms with Gasteiger partial charge in [-0.1, -0.05) is 0 Å². The minimum absolute atomic E-state index is 0.0258. The van der Waals surface area contributed by atoms with E-state index in [1.165, 1.54) is 7.11 Å². The Morgan fingerprint density at radius 3 is 2.60 bits per heavy atom. The summed E-state index contributed by atoms with van der Waals surface area (Å²) in [6.07, 6.45) is 1.06. The third-order valence-electron chi connectivity index (χ3n) is 5.75. The van der Waals surface area contributed by atoms with E-state index >= 15 is 0 Å². The first-order valence-corrected chi connectivity index (χ1v) is 7.01. The van der Waals surface area contributed by atoms with Crippen LogP contribution in [0.2, 0.25) is 0 Å². The van der Waals surface area contributed by atoms with Crippen molar-refractivity contribution in [3.05, 3.63) is 0 Å². The van der Waals surface area contributed by atoms with Gasteiger partial charge >= 0.3 is 5.97 Å². The number of rotatable bonds is 3. The van der Waals surface area contributed by atoms with Gasteiger partial charge < -0.3 is 24.1 Å². The SMILES string of the molecule is COC(=O)[C@H]1C[C@@H]2CC(OC)(OC)C[C@@]23[C@H](O)OC[C@@H]13. The second kappa shape index (κ2) is 4.66. The molecule has 1 aliphatic heterocycles. The topological polar surface area (TPSA) is 74.2 Å². The summed E-state index contributed by atoms with van der Waals surface area (Å²) >= 11 is 0. The van der Waals surface area contributed by atoms with Crippen molar-refractivity contribution in [1.29, 1.82) is 0 Å². The molecule has 5 atom stereocenters. The lowest BCUT2D eigenvalue weighted by Crippen LogP contribution is -2.40. The Morgan fingerprint density at radius 1 is 1.30 bits per heavy atom. The van der Waals surface area contributed by atoms with Crippen LogP contribution in [0.4, 0.5) is 0 Å². The molecule has 6 nitrogen and oxygen atoms in total. The predicted molar refractivity (Wildman–Crippen MR) is 67.5 cm³/mol. The molecule has 2 aliphatic carbocycles. The Hall–Kier alpha value is -0.690. The molecule has 3 rings (SSSR count). The van der Waals surface area contributed by atoms with Crippen molar-refractivity contribution >= 4 is 5.97 Å². The van der Waals surface area contributed by atoms with Crippen LogP contribution in [0.3, 0.4) is 0 Å². The van der Waals surface area contributed by atoms with Crippen molar-refractivity contribution in [3.63, 3.8) is 0 Å². The Kier molecular flexibility index (Phi) is 3.32. The van der Waals surface area contributed by atoms with Crippen LogP contribution in [0.15, 0.2) is 0 Å². The van der Waals surface area contributed by atoms with E-state index in [1.807, 2.05) is 0 Å². The van der Waals surface area contributed by atoms with Crippen LogP contribution in [-0.4, -0.2) is 51.1 Å². The van der Waals surface area contributed by atoms with Crippen molar-refractivity contribution in [2.24, 2.45) is 23.2 Å². The molecule has 3 aliphatic rings. The van der Waals surface area contributed by atoms with E-state index in [0.29, 0.717) is 25.9 Å². The van der Waals surface area contributed by atoms with Crippen molar-refractivity contribution in [1.82, 2.24) is 0 Å². The Balaban J connectivity index is 1.94. The summed E-state index contributed by atoms with van der Waals surface area (Å²) in [5, 5.41) is 10.4. The van der Waals surface area contributed by atoms with E-state index in [0.717, 1.165) is 0 Å². The van der Waals surface area contributed by atoms with Gasteiger partial charge in [0.25, 0.3) is 0 Å². The summed E-state index contributed by atoms with van der Waals surface area (Å²) in [5.41, 5.74) is -0.453. The van der Waals surface area contributed by atoms with Crippen LogP contribution in [0.1, 0.15) is 19.3 Å². The van der Waals surface area contributed by atoms with Crippen LogP contribution in [-0.2, 0) is 23.7 Å². The Labute approximate surface area is 118 Å². The molecular weight excluding hydrogens is 264 g/mol. The fourth-order valence-corrected chi connectivity index (χ4v) is 4.73. The normalized spacial score (nSPS) is 45.2. The second-order valence-corrected chi connectivity index (χ2v) is 6.17. The van der Waals surface area contributed by atoms with E-state index in [1.54, 1.807) is 14.2 Å². The number of hydrogen-bond donors (Lipinski definition) is 1. The number of carbonyl (C=O) groups is 1. The van der Waals surface area contributed by atoms with Crippen molar-refractivity contribution in [3.8, 4) is 0 Å². The minimum atomic E-state index is -0.862. The molecule has 1 saturated heterocycles. The predicted octanol–water partition coefficient (Wildman–Crippen LogP) is 0.530. The van der Waals surface area contributed by atoms with E-state index in [9.17, 15) is 9.90 Å². The zero-order valence-corrected chi connectivity index (χ0v) is 12.1. The largest absolute Gasteiger partial charge is 0.469 e.